The Morgan fingerprint density at radius 2 is 2.32 bits per heavy atom. The van der Waals surface area contributed by atoms with Crippen LogP contribution in [0.2, 0.25) is 0 Å². The summed E-state index contributed by atoms with van der Waals surface area (Å²) in [7, 11) is 0. The summed E-state index contributed by atoms with van der Waals surface area (Å²) >= 11 is 3.27. The third-order valence-corrected chi connectivity index (χ3v) is 4.06. The van der Waals surface area contributed by atoms with Crippen LogP contribution in [0.4, 0.5) is 0 Å². The van der Waals surface area contributed by atoms with Gasteiger partial charge in [-0.3, -0.25) is 4.79 Å². The molecule has 1 aliphatic heterocycles. The van der Waals surface area contributed by atoms with E-state index >= 15 is 0 Å². The van der Waals surface area contributed by atoms with Crippen LogP contribution in [0.1, 0.15) is 29.6 Å². The molecule has 1 heterocycles. The Labute approximate surface area is 121 Å². The molecule has 1 amide bonds. The largest absolute Gasteiger partial charge is 0.507 e. The second-order valence-electron chi connectivity index (χ2n) is 5.00. The molecule has 1 aromatic rings. The summed E-state index contributed by atoms with van der Waals surface area (Å²) in [5.74, 6) is 0.423. The smallest absolute Gasteiger partial charge is 0.257 e. The quantitative estimate of drug-likeness (QED) is 0.896. The van der Waals surface area contributed by atoms with Crippen LogP contribution in [0, 0.1) is 5.92 Å². The van der Waals surface area contributed by atoms with E-state index in [4.69, 9.17) is 5.73 Å². The molecule has 1 aliphatic rings. The number of carbonyl (C=O) groups is 1. The number of halogens is 1. The summed E-state index contributed by atoms with van der Waals surface area (Å²) in [5.41, 5.74) is 5.96. The minimum absolute atomic E-state index is 0.0281. The number of likely N-dealkylation sites (tertiary alicyclic amines) is 1. The van der Waals surface area contributed by atoms with Crippen LogP contribution >= 0.6 is 15.9 Å². The fourth-order valence-corrected chi connectivity index (χ4v) is 2.93. The first-order valence-corrected chi connectivity index (χ1v) is 7.39. The summed E-state index contributed by atoms with van der Waals surface area (Å²) in [4.78, 5) is 14.2. The molecule has 19 heavy (non-hydrogen) atoms. The average molecular weight is 327 g/mol. The van der Waals surface area contributed by atoms with Gasteiger partial charge in [-0.25, -0.2) is 0 Å². The summed E-state index contributed by atoms with van der Waals surface area (Å²) in [6, 6.07) is 4.98. The van der Waals surface area contributed by atoms with Gasteiger partial charge in [0, 0.05) is 17.6 Å². The lowest BCUT2D eigenvalue weighted by Crippen LogP contribution is -2.40. The van der Waals surface area contributed by atoms with Crippen molar-refractivity contribution in [3.63, 3.8) is 0 Å². The van der Waals surface area contributed by atoms with Gasteiger partial charge in [0.05, 0.1) is 5.56 Å². The Bertz CT molecular complexity index is 463. The number of hydrogen-bond donors (Lipinski definition) is 2. The molecule has 104 valence electrons. The number of phenols is 1. The van der Waals surface area contributed by atoms with Crippen molar-refractivity contribution in [3.8, 4) is 5.75 Å². The molecule has 0 radical (unpaired) electrons. The highest BCUT2D eigenvalue weighted by atomic mass is 79.9. The van der Waals surface area contributed by atoms with Gasteiger partial charge >= 0.3 is 0 Å². The maximum Gasteiger partial charge on any atom is 0.257 e. The van der Waals surface area contributed by atoms with E-state index in [1.54, 1.807) is 18.2 Å². The van der Waals surface area contributed by atoms with Crippen LogP contribution in [0.15, 0.2) is 22.7 Å². The zero-order valence-corrected chi connectivity index (χ0v) is 12.4. The van der Waals surface area contributed by atoms with Crippen molar-refractivity contribution < 1.29 is 9.90 Å². The van der Waals surface area contributed by atoms with Gasteiger partial charge in [0.25, 0.3) is 5.91 Å². The molecule has 0 bridgehead atoms. The Hall–Kier alpha value is -1.07. The fraction of sp³-hybridized carbons (Fsp3) is 0.500. The summed E-state index contributed by atoms with van der Waals surface area (Å²) < 4.78 is 0.765. The van der Waals surface area contributed by atoms with E-state index in [9.17, 15) is 9.90 Å². The van der Waals surface area contributed by atoms with Crippen molar-refractivity contribution in [2.24, 2.45) is 11.7 Å². The number of carbonyl (C=O) groups excluding carboxylic acids is 1. The van der Waals surface area contributed by atoms with Gasteiger partial charge in [0.15, 0.2) is 0 Å². The lowest BCUT2D eigenvalue weighted by atomic mass is 9.94. The molecule has 3 N–H and O–H groups in total. The number of aromatic hydroxyl groups is 1. The predicted molar refractivity (Wildman–Crippen MR) is 78.1 cm³/mol. The second kappa shape index (κ2) is 6.39. The molecule has 1 fully saturated rings. The van der Waals surface area contributed by atoms with Crippen molar-refractivity contribution >= 4 is 21.8 Å². The van der Waals surface area contributed by atoms with Crippen molar-refractivity contribution in [2.75, 3.05) is 19.6 Å². The van der Waals surface area contributed by atoms with Crippen LogP contribution in [0.25, 0.3) is 0 Å². The first-order chi connectivity index (χ1) is 9.11. The van der Waals surface area contributed by atoms with Gasteiger partial charge < -0.3 is 15.7 Å². The number of nitrogens with zero attached hydrogens (tertiary/aromatic N) is 1. The number of amides is 1. The molecule has 0 aliphatic carbocycles. The molecule has 0 saturated carbocycles. The third kappa shape index (κ3) is 3.48. The van der Waals surface area contributed by atoms with Crippen LogP contribution in [-0.4, -0.2) is 35.5 Å². The molecular formula is C14H19BrN2O2. The number of piperidine rings is 1. The maximum absolute atomic E-state index is 12.4. The van der Waals surface area contributed by atoms with Crippen molar-refractivity contribution in [2.45, 2.75) is 19.3 Å². The zero-order valence-electron chi connectivity index (χ0n) is 10.8. The highest BCUT2D eigenvalue weighted by Gasteiger charge is 2.25. The van der Waals surface area contributed by atoms with E-state index in [-0.39, 0.29) is 11.7 Å². The molecule has 1 atom stereocenters. The van der Waals surface area contributed by atoms with E-state index in [1.165, 1.54) is 0 Å². The Morgan fingerprint density at radius 3 is 3.00 bits per heavy atom. The Kier molecular flexibility index (Phi) is 4.82. The van der Waals surface area contributed by atoms with Crippen LogP contribution in [0.3, 0.4) is 0 Å². The summed E-state index contributed by atoms with van der Waals surface area (Å²) in [5, 5.41) is 9.86. The minimum atomic E-state index is -0.0910. The third-order valence-electron chi connectivity index (χ3n) is 3.57. The normalized spacial score (nSPS) is 19.5. The highest BCUT2D eigenvalue weighted by molar-refractivity contribution is 9.10. The molecule has 1 saturated heterocycles. The fourth-order valence-electron chi connectivity index (χ4n) is 2.58. The maximum atomic E-state index is 12.4. The van der Waals surface area contributed by atoms with Gasteiger partial charge in [-0.05, 0) is 49.9 Å². The minimum Gasteiger partial charge on any atom is -0.507 e. The zero-order chi connectivity index (χ0) is 13.8. The summed E-state index contributed by atoms with van der Waals surface area (Å²) in [6.45, 7) is 2.16. The molecule has 1 unspecified atom stereocenters. The monoisotopic (exact) mass is 326 g/mol. The molecule has 4 nitrogen and oxygen atoms in total. The van der Waals surface area contributed by atoms with E-state index in [2.05, 4.69) is 15.9 Å². The first kappa shape index (κ1) is 14.3. The van der Waals surface area contributed by atoms with Gasteiger partial charge in [-0.1, -0.05) is 15.9 Å². The van der Waals surface area contributed by atoms with Crippen molar-refractivity contribution in [1.29, 1.82) is 0 Å². The van der Waals surface area contributed by atoms with Gasteiger partial charge in [-0.15, -0.1) is 0 Å². The molecule has 0 aromatic heterocycles. The van der Waals surface area contributed by atoms with E-state index in [0.29, 0.717) is 18.0 Å². The lowest BCUT2D eigenvalue weighted by molar-refractivity contribution is 0.0666. The lowest BCUT2D eigenvalue weighted by Gasteiger charge is -2.32. The molecule has 0 spiro atoms. The number of rotatable bonds is 3. The molecule has 5 heteroatoms. The summed E-state index contributed by atoms with van der Waals surface area (Å²) in [6.07, 6.45) is 3.09. The predicted octanol–water partition coefficient (Wildman–Crippen LogP) is 2.36. The van der Waals surface area contributed by atoms with E-state index in [0.717, 1.165) is 36.8 Å². The Morgan fingerprint density at radius 1 is 1.53 bits per heavy atom. The van der Waals surface area contributed by atoms with Crippen molar-refractivity contribution in [3.05, 3.63) is 28.2 Å². The first-order valence-electron chi connectivity index (χ1n) is 6.59. The molecule has 1 aromatic carbocycles. The second-order valence-corrected chi connectivity index (χ2v) is 5.91. The molecular weight excluding hydrogens is 308 g/mol. The van der Waals surface area contributed by atoms with Gasteiger partial charge in [0.2, 0.25) is 0 Å². The number of phenolic OH excluding ortho intramolecular Hbond substituents is 1. The Balaban J connectivity index is 2.10. The number of nitrogens with two attached hydrogens (primary N) is 1. The highest BCUT2D eigenvalue weighted by Crippen LogP contribution is 2.26. The van der Waals surface area contributed by atoms with E-state index < -0.39 is 0 Å². The van der Waals surface area contributed by atoms with Crippen molar-refractivity contribution in [1.82, 2.24) is 4.90 Å². The van der Waals surface area contributed by atoms with Crippen LogP contribution in [-0.2, 0) is 0 Å². The standard InChI is InChI=1S/C14H19BrN2O2/c15-11-3-4-12(13(18)8-11)14(19)17-7-1-2-10(9-17)5-6-16/h3-4,8,10,18H,1-2,5-7,9,16H2. The van der Waals surface area contributed by atoms with Gasteiger partial charge in [-0.2, -0.15) is 0 Å². The van der Waals surface area contributed by atoms with Gasteiger partial charge in [0.1, 0.15) is 5.75 Å². The molecule has 2 rings (SSSR count). The SMILES string of the molecule is NCCC1CCCN(C(=O)c2ccc(Br)cc2O)C1. The van der Waals surface area contributed by atoms with E-state index in [1.807, 2.05) is 4.90 Å². The van der Waals surface area contributed by atoms with Crippen LogP contribution < -0.4 is 5.73 Å². The number of benzene rings is 1. The van der Waals surface area contributed by atoms with Crippen LogP contribution in [0.5, 0.6) is 5.75 Å². The topological polar surface area (TPSA) is 66.6 Å². The average Bonchev–Trinajstić information content (AvgIpc) is 2.39. The number of hydrogen-bond acceptors (Lipinski definition) is 3.